The molecule has 0 radical (unpaired) electrons. The van der Waals surface area contributed by atoms with E-state index in [2.05, 4.69) is 29.4 Å². The van der Waals surface area contributed by atoms with E-state index in [1.54, 1.807) is 12.1 Å². The number of benzene rings is 1. The Labute approximate surface area is 156 Å². The molecule has 0 unspecified atom stereocenters. The van der Waals surface area contributed by atoms with Crippen LogP contribution < -0.4 is 10.6 Å². The molecule has 1 aromatic rings. The lowest BCUT2D eigenvalue weighted by Gasteiger charge is -2.24. The second-order valence-corrected chi connectivity index (χ2v) is 7.26. The van der Waals surface area contributed by atoms with Crippen LogP contribution in [0.15, 0.2) is 24.3 Å². The first-order valence-electron chi connectivity index (χ1n) is 9.37. The Morgan fingerprint density at radius 3 is 2.54 bits per heavy atom. The van der Waals surface area contributed by atoms with Crippen LogP contribution in [0.4, 0.5) is 0 Å². The molecule has 144 valence electrons. The molecule has 0 bridgehead atoms. The van der Waals surface area contributed by atoms with E-state index in [0.29, 0.717) is 24.6 Å². The zero-order chi connectivity index (χ0) is 19.1. The number of likely N-dealkylation sites (tertiary alicyclic amines) is 1. The highest BCUT2D eigenvalue weighted by molar-refractivity contribution is 5.89. The summed E-state index contributed by atoms with van der Waals surface area (Å²) in [4.78, 5) is 26.1. The van der Waals surface area contributed by atoms with Gasteiger partial charge in [0.05, 0.1) is 18.7 Å². The topological polar surface area (TPSA) is 70.7 Å². The monoisotopic (exact) mass is 361 g/mol. The minimum atomic E-state index is -0.325. The molecule has 6 heteroatoms. The van der Waals surface area contributed by atoms with Gasteiger partial charge in [0.15, 0.2) is 0 Å². The molecule has 0 spiro atoms. The molecule has 1 aliphatic rings. The highest BCUT2D eigenvalue weighted by atomic mass is 16.5. The molecule has 0 saturated carbocycles. The summed E-state index contributed by atoms with van der Waals surface area (Å²) < 4.78 is 4.72. The summed E-state index contributed by atoms with van der Waals surface area (Å²) in [6.45, 7) is 9.48. The van der Waals surface area contributed by atoms with Crippen LogP contribution in [0.5, 0.6) is 0 Å². The van der Waals surface area contributed by atoms with Gasteiger partial charge in [-0.3, -0.25) is 9.69 Å². The number of carbonyl (C=O) groups excluding carboxylic acids is 2. The quantitative estimate of drug-likeness (QED) is 0.691. The summed E-state index contributed by atoms with van der Waals surface area (Å²) >= 11 is 0. The van der Waals surface area contributed by atoms with E-state index in [0.717, 1.165) is 25.1 Å². The minimum Gasteiger partial charge on any atom is -0.465 e. The van der Waals surface area contributed by atoms with E-state index in [1.165, 1.54) is 7.11 Å². The number of ether oxygens (including phenoxy) is 1. The first-order valence-corrected chi connectivity index (χ1v) is 9.37. The Bertz CT molecular complexity index is 601. The summed E-state index contributed by atoms with van der Waals surface area (Å²) in [6.07, 6.45) is 0.818. The minimum absolute atomic E-state index is 0.0587. The molecule has 2 N–H and O–H groups in total. The molecule has 0 aromatic heterocycles. The SMILES string of the molecule is CCNC(=O)[C@@H]1C[C@H](NCc2ccc(C(=O)OC)cc2)CN1CC(C)C. The maximum absolute atomic E-state index is 12.4. The molecule has 6 nitrogen and oxygen atoms in total. The number of nitrogens with zero attached hydrogens (tertiary/aromatic N) is 1. The zero-order valence-corrected chi connectivity index (χ0v) is 16.2. The Morgan fingerprint density at radius 1 is 1.27 bits per heavy atom. The van der Waals surface area contributed by atoms with Gasteiger partial charge in [0.1, 0.15) is 0 Å². The first-order chi connectivity index (χ1) is 12.4. The van der Waals surface area contributed by atoms with Gasteiger partial charge in [-0.1, -0.05) is 26.0 Å². The van der Waals surface area contributed by atoms with E-state index < -0.39 is 0 Å². The second-order valence-electron chi connectivity index (χ2n) is 7.26. The van der Waals surface area contributed by atoms with Crippen LogP contribution in [0.25, 0.3) is 0 Å². The van der Waals surface area contributed by atoms with Gasteiger partial charge in [0.2, 0.25) is 5.91 Å². The van der Waals surface area contributed by atoms with Crippen LogP contribution in [0.3, 0.4) is 0 Å². The zero-order valence-electron chi connectivity index (χ0n) is 16.2. The molecular formula is C20H31N3O3. The lowest BCUT2D eigenvalue weighted by atomic mass is 10.1. The third-order valence-corrected chi connectivity index (χ3v) is 4.63. The number of esters is 1. The number of likely N-dealkylation sites (N-methyl/N-ethyl adjacent to an activating group) is 1. The maximum Gasteiger partial charge on any atom is 0.337 e. The van der Waals surface area contributed by atoms with Crippen LogP contribution in [0.1, 0.15) is 43.1 Å². The van der Waals surface area contributed by atoms with Crippen LogP contribution in [0, 0.1) is 5.92 Å². The summed E-state index contributed by atoms with van der Waals surface area (Å²) in [5.41, 5.74) is 1.66. The van der Waals surface area contributed by atoms with Crippen molar-refractivity contribution in [3.05, 3.63) is 35.4 Å². The number of nitrogens with one attached hydrogen (secondary N) is 2. The molecule has 1 aromatic carbocycles. The molecule has 26 heavy (non-hydrogen) atoms. The molecule has 1 heterocycles. The fourth-order valence-electron chi connectivity index (χ4n) is 3.43. The second kappa shape index (κ2) is 9.69. The molecular weight excluding hydrogens is 330 g/mol. The van der Waals surface area contributed by atoms with Gasteiger partial charge in [0, 0.05) is 32.2 Å². The van der Waals surface area contributed by atoms with Crippen molar-refractivity contribution in [1.29, 1.82) is 0 Å². The van der Waals surface area contributed by atoms with Crippen molar-refractivity contribution in [2.75, 3.05) is 26.7 Å². The van der Waals surface area contributed by atoms with Gasteiger partial charge >= 0.3 is 5.97 Å². The molecule has 1 fully saturated rings. The van der Waals surface area contributed by atoms with E-state index in [4.69, 9.17) is 4.74 Å². The van der Waals surface area contributed by atoms with Crippen LogP contribution in [-0.2, 0) is 16.1 Å². The van der Waals surface area contributed by atoms with Crippen LogP contribution in [-0.4, -0.2) is 55.6 Å². The van der Waals surface area contributed by atoms with Gasteiger partial charge in [-0.05, 0) is 37.0 Å². The fourth-order valence-corrected chi connectivity index (χ4v) is 3.43. The number of hydrogen-bond acceptors (Lipinski definition) is 5. The lowest BCUT2D eigenvalue weighted by Crippen LogP contribution is -2.44. The lowest BCUT2D eigenvalue weighted by molar-refractivity contribution is -0.125. The Kier molecular flexibility index (Phi) is 7.60. The predicted octanol–water partition coefficient (Wildman–Crippen LogP) is 1.80. The smallest absolute Gasteiger partial charge is 0.337 e. The average molecular weight is 361 g/mol. The summed E-state index contributed by atoms with van der Waals surface area (Å²) in [7, 11) is 1.38. The normalized spacial score (nSPS) is 20.3. The molecule has 2 rings (SSSR count). The van der Waals surface area contributed by atoms with E-state index in [-0.39, 0.29) is 24.0 Å². The molecule has 1 aliphatic heterocycles. The first kappa shape index (κ1) is 20.4. The molecule has 0 aliphatic carbocycles. The molecule has 2 atom stereocenters. The highest BCUT2D eigenvalue weighted by Crippen LogP contribution is 2.20. The third kappa shape index (κ3) is 5.54. The summed E-state index contributed by atoms with van der Waals surface area (Å²) in [5, 5.41) is 6.51. The highest BCUT2D eigenvalue weighted by Gasteiger charge is 2.36. The summed E-state index contributed by atoms with van der Waals surface area (Å²) in [6, 6.07) is 7.64. The fraction of sp³-hybridized carbons (Fsp3) is 0.600. The number of rotatable bonds is 8. The van der Waals surface area contributed by atoms with Gasteiger partial charge in [-0.15, -0.1) is 0 Å². The van der Waals surface area contributed by atoms with Crippen molar-refractivity contribution in [3.8, 4) is 0 Å². The number of carbonyl (C=O) groups is 2. The van der Waals surface area contributed by atoms with Crippen molar-refractivity contribution < 1.29 is 14.3 Å². The van der Waals surface area contributed by atoms with Gasteiger partial charge in [-0.25, -0.2) is 4.79 Å². The van der Waals surface area contributed by atoms with Crippen molar-refractivity contribution in [3.63, 3.8) is 0 Å². The van der Waals surface area contributed by atoms with Crippen molar-refractivity contribution in [1.82, 2.24) is 15.5 Å². The van der Waals surface area contributed by atoms with Crippen molar-refractivity contribution in [2.45, 2.75) is 45.8 Å². The average Bonchev–Trinajstić information content (AvgIpc) is 3.02. The largest absolute Gasteiger partial charge is 0.465 e. The number of methoxy groups -OCH3 is 1. The van der Waals surface area contributed by atoms with Crippen LogP contribution >= 0.6 is 0 Å². The van der Waals surface area contributed by atoms with E-state index in [1.807, 2.05) is 19.1 Å². The van der Waals surface area contributed by atoms with Crippen molar-refractivity contribution in [2.24, 2.45) is 5.92 Å². The van der Waals surface area contributed by atoms with E-state index >= 15 is 0 Å². The molecule has 1 saturated heterocycles. The Morgan fingerprint density at radius 2 is 1.96 bits per heavy atom. The third-order valence-electron chi connectivity index (χ3n) is 4.63. The van der Waals surface area contributed by atoms with Crippen LogP contribution in [0.2, 0.25) is 0 Å². The molecule has 1 amide bonds. The predicted molar refractivity (Wildman–Crippen MR) is 102 cm³/mol. The Balaban J connectivity index is 1.92. The van der Waals surface area contributed by atoms with Crippen molar-refractivity contribution >= 4 is 11.9 Å². The Hall–Kier alpha value is -1.92. The maximum atomic E-state index is 12.4. The van der Waals surface area contributed by atoms with Gasteiger partial charge < -0.3 is 15.4 Å². The van der Waals surface area contributed by atoms with Gasteiger partial charge in [-0.2, -0.15) is 0 Å². The standard InChI is InChI=1S/C20H31N3O3/c1-5-21-19(24)18-10-17(13-23(18)12-14(2)3)22-11-15-6-8-16(9-7-15)20(25)26-4/h6-9,14,17-18,22H,5,10-13H2,1-4H3,(H,21,24)/t17-,18-/m0/s1. The summed E-state index contributed by atoms with van der Waals surface area (Å²) in [5.74, 6) is 0.325. The number of hydrogen-bond donors (Lipinski definition) is 2. The van der Waals surface area contributed by atoms with E-state index in [9.17, 15) is 9.59 Å². The number of amides is 1. The van der Waals surface area contributed by atoms with Gasteiger partial charge in [0.25, 0.3) is 0 Å².